The van der Waals surface area contributed by atoms with Gasteiger partial charge in [0.15, 0.2) is 5.79 Å². The minimum atomic E-state index is -0.817. The van der Waals surface area contributed by atoms with Crippen molar-refractivity contribution in [2.24, 2.45) is 5.92 Å². The molecule has 0 aromatic carbocycles. The molecule has 0 saturated carbocycles. The van der Waals surface area contributed by atoms with Crippen LogP contribution in [0.25, 0.3) is 0 Å². The van der Waals surface area contributed by atoms with Gasteiger partial charge in [0.2, 0.25) is 0 Å². The molecule has 2 aliphatic rings. The van der Waals surface area contributed by atoms with Crippen molar-refractivity contribution in [1.82, 2.24) is 5.32 Å². The fourth-order valence-electron chi connectivity index (χ4n) is 1.57. The van der Waals surface area contributed by atoms with Gasteiger partial charge < -0.3 is 15.2 Å². The molecule has 2 heterocycles. The molecule has 2 aliphatic heterocycles. The molecule has 2 N–H and O–H groups in total. The Hall–Kier alpha value is -0.120. The summed E-state index contributed by atoms with van der Waals surface area (Å²) in [6.45, 7) is 2.33. The van der Waals surface area contributed by atoms with Gasteiger partial charge in [-0.2, -0.15) is 0 Å². The second-order valence-electron chi connectivity index (χ2n) is 2.96. The van der Waals surface area contributed by atoms with Crippen molar-refractivity contribution < 1.29 is 9.84 Å². The Kier molecular flexibility index (Phi) is 1.06. The van der Waals surface area contributed by atoms with E-state index in [2.05, 4.69) is 5.32 Å². The summed E-state index contributed by atoms with van der Waals surface area (Å²) in [6, 6.07) is 0. The zero-order valence-electron chi connectivity index (χ0n) is 5.26. The van der Waals surface area contributed by atoms with Gasteiger partial charge in [-0.3, -0.25) is 0 Å². The van der Waals surface area contributed by atoms with E-state index in [-0.39, 0.29) is 0 Å². The first-order valence-corrected chi connectivity index (χ1v) is 3.36. The summed E-state index contributed by atoms with van der Waals surface area (Å²) in [5.41, 5.74) is 0. The Morgan fingerprint density at radius 2 is 2.56 bits per heavy atom. The van der Waals surface area contributed by atoms with Crippen molar-refractivity contribution in [1.29, 1.82) is 0 Å². The second kappa shape index (κ2) is 1.68. The van der Waals surface area contributed by atoms with Crippen LogP contribution < -0.4 is 5.32 Å². The number of β-amino-alcohol motifs (C(OH)–C–C–N with tert-alkyl or cyclic N) is 1. The van der Waals surface area contributed by atoms with Crippen LogP contribution in [0.3, 0.4) is 0 Å². The molecule has 2 unspecified atom stereocenters. The lowest BCUT2D eigenvalue weighted by Gasteiger charge is -2.25. The first-order chi connectivity index (χ1) is 4.29. The number of hydrogen-bond acceptors (Lipinski definition) is 3. The molecule has 0 aromatic heterocycles. The third kappa shape index (κ3) is 0.852. The maximum atomic E-state index is 9.44. The summed E-state index contributed by atoms with van der Waals surface area (Å²) < 4.78 is 5.16. The second-order valence-corrected chi connectivity index (χ2v) is 2.96. The molecule has 52 valence electrons. The lowest BCUT2D eigenvalue weighted by Crippen LogP contribution is -2.44. The molecule has 0 amide bonds. The molecule has 0 aromatic rings. The molecule has 2 saturated heterocycles. The van der Waals surface area contributed by atoms with E-state index in [9.17, 15) is 5.11 Å². The quantitative estimate of drug-likeness (QED) is 0.455. The molecule has 2 fully saturated rings. The van der Waals surface area contributed by atoms with Gasteiger partial charge in [-0.05, 0) is 5.92 Å². The van der Waals surface area contributed by atoms with Crippen LogP contribution in [0.2, 0.25) is 0 Å². The summed E-state index contributed by atoms with van der Waals surface area (Å²) in [7, 11) is 0. The topological polar surface area (TPSA) is 41.5 Å². The van der Waals surface area contributed by atoms with Crippen LogP contribution in [-0.2, 0) is 4.74 Å². The molecule has 2 atom stereocenters. The van der Waals surface area contributed by atoms with Crippen LogP contribution in [0.15, 0.2) is 0 Å². The minimum absolute atomic E-state index is 0.545. The van der Waals surface area contributed by atoms with Gasteiger partial charge in [-0.15, -0.1) is 0 Å². The Labute approximate surface area is 54.0 Å². The molecule has 9 heavy (non-hydrogen) atoms. The van der Waals surface area contributed by atoms with E-state index in [0.29, 0.717) is 12.5 Å². The third-order valence-corrected chi connectivity index (χ3v) is 2.03. The Bertz CT molecular complexity index is 124. The number of nitrogens with one attached hydrogen (secondary N) is 1. The maximum Gasteiger partial charge on any atom is 0.178 e. The van der Waals surface area contributed by atoms with E-state index in [4.69, 9.17) is 4.74 Å². The summed E-state index contributed by atoms with van der Waals surface area (Å²) in [4.78, 5) is 0. The van der Waals surface area contributed by atoms with Crippen LogP contribution in [0.5, 0.6) is 0 Å². The van der Waals surface area contributed by atoms with Crippen molar-refractivity contribution >= 4 is 0 Å². The van der Waals surface area contributed by atoms with Gasteiger partial charge in [-0.25, -0.2) is 0 Å². The van der Waals surface area contributed by atoms with Gasteiger partial charge in [0.05, 0.1) is 6.61 Å². The van der Waals surface area contributed by atoms with E-state index in [1.165, 1.54) is 0 Å². The molecule has 3 heteroatoms. The normalized spacial score (nSPS) is 49.7. The average Bonchev–Trinajstić information content (AvgIpc) is 2.07. The summed E-state index contributed by atoms with van der Waals surface area (Å²) in [5, 5.41) is 12.5. The van der Waals surface area contributed by atoms with E-state index in [0.717, 1.165) is 19.6 Å². The minimum Gasteiger partial charge on any atom is -0.364 e. The van der Waals surface area contributed by atoms with Crippen molar-refractivity contribution in [2.45, 2.75) is 12.2 Å². The zero-order chi connectivity index (χ0) is 6.32. The summed E-state index contributed by atoms with van der Waals surface area (Å²) in [5.74, 6) is -0.271. The third-order valence-electron chi connectivity index (χ3n) is 2.03. The Morgan fingerprint density at radius 3 is 3.22 bits per heavy atom. The first-order valence-electron chi connectivity index (χ1n) is 3.36. The molecule has 0 spiro atoms. The van der Waals surface area contributed by atoms with E-state index in [1.807, 2.05) is 0 Å². The SMILES string of the molecule is OC12CNCC(CO1)C2. The van der Waals surface area contributed by atoms with Crippen LogP contribution >= 0.6 is 0 Å². The number of fused-ring (bicyclic) bond motifs is 2. The van der Waals surface area contributed by atoms with Gasteiger partial charge in [-0.1, -0.05) is 0 Å². The zero-order valence-corrected chi connectivity index (χ0v) is 5.26. The lowest BCUT2D eigenvalue weighted by atomic mass is 10.00. The smallest absolute Gasteiger partial charge is 0.178 e. The van der Waals surface area contributed by atoms with Gasteiger partial charge in [0.1, 0.15) is 0 Å². The summed E-state index contributed by atoms with van der Waals surface area (Å²) >= 11 is 0. The van der Waals surface area contributed by atoms with E-state index >= 15 is 0 Å². The Morgan fingerprint density at radius 1 is 1.67 bits per heavy atom. The maximum absolute atomic E-state index is 9.44. The van der Waals surface area contributed by atoms with Crippen LogP contribution in [0.4, 0.5) is 0 Å². The van der Waals surface area contributed by atoms with Gasteiger partial charge >= 0.3 is 0 Å². The van der Waals surface area contributed by atoms with Gasteiger partial charge in [0.25, 0.3) is 0 Å². The molecule has 2 rings (SSSR count). The highest BCUT2D eigenvalue weighted by Gasteiger charge is 2.41. The fraction of sp³-hybridized carbons (Fsp3) is 1.00. The highest BCUT2D eigenvalue weighted by molar-refractivity contribution is 4.87. The molecule has 3 nitrogen and oxygen atoms in total. The van der Waals surface area contributed by atoms with Crippen molar-refractivity contribution in [3.63, 3.8) is 0 Å². The molecular formula is C6H11NO2. The fourth-order valence-corrected chi connectivity index (χ4v) is 1.57. The largest absolute Gasteiger partial charge is 0.364 e. The lowest BCUT2D eigenvalue weighted by molar-refractivity contribution is -0.166. The van der Waals surface area contributed by atoms with E-state index < -0.39 is 5.79 Å². The highest BCUT2D eigenvalue weighted by atomic mass is 16.6. The number of aliphatic hydroxyl groups is 1. The van der Waals surface area contributed by atoms with E-state index in [1.54, 1.807) is 0 Å². The van der Waals surface area contributed by atoms with Crippen molar-refractivity contribution in [3.8, 4) is 0 Å². The van der Waals surface area contributed by atoms with Crippen LogP contribution in [0.1, 0.15) is 6.42 Å². The Balaban J connectivity index is 2.13. The van der Waals surface area contributed by atoms with Crippen molar-refractivity contribution in [3.05, 3.63) is 0 Å². The predicted octanol–water partition coefficient (Wildman–Crippen LogP) is -0.685. The van der Waals surface area contributed by atoms with Crippen LogP contribution in [-0.4, -0.2) is 30.6 Å². The number of piperidine rings is 1. The summed E-state index contributed by atoms with van der Waals surface area (Å²) in [6.07, 6.45) is 0.819. The molecular weight excluding hydrogens is 118 g/mol. The molecule has 2 bridgehead atoms. The van der Waals surface area contributed by atoms with Gasteiger partial charge in [0, 0.05) is 19.5 Å². The predicted molar refractivity (Wildman–Crippen MR) is 31.9 cm³/mol. The van der Waals surface area contributed by atoms with Crippen LogP contribution in [0, 0.1) is 5.92 Å². The van der Waals surface area contributed by atoms with Crippen molar-refractivity contribution in [2.75, 3.05) is 19.7 Å². The monoisotopic (exact) mass is 129 g/mol. The number of ether oxygens (including phenoxy) is 1. The highest BCUT2D eigenvalue weighted by Crippen LogP contribution is 2.29. The standard InChI is InChI=1S/C6H11NO2/c8-6-1-5(3-9-6)2-7-4-6/h5,7-8H,1-4H2. The first kappa shape index (κ1) is 5.65. The number of rotatable bonds is 0. The molecule has 0 radical (unpaired) electrons. The number of hydrogen-bond donors (Lipinski definition) is 2. The molecule has 0 aliphatic carbocycles. The average molecular weight is 129 g/mol.